The number of nitro benzene ring substituents is 1. The molecule has 2 N–H and O–H groups in total. The molecule has 0 fully saturated rings. The molecular weight excluding hydrogens is 394 g/mol. The number of halogens is 1. The summed E-state index contributed by atoms with van der Waals surface area (Å²) in [4.78, 5) is 33.5. The van der Waals surface area contributed by atoms with E-state index in [1.54, 1.807) is 18.2 Å². The molecular formula is C16H14BrN3O5. The number of carbonyl (C=O) groups excluding carboxylic acids is 2. The molecule has 0 heterocycles. The number of rotatable bonds is 5. The molecule has 0 spiro atoms. The molecule has 0 aliphatic heterocycles. The van der Waals surface area contributed by atoms with Gasteiger partial charge in [0, 0.05) is 22.2 Å². The summed E-state index contributed by atoms with van der Waals surface area (Å²) in [5.41, 5.74) is 5.43. The van der Waals surface area contributed by atoms with Crippen molar-refractivity contribution in [2.45, 2.75) is 6.92 Å². The highest BCUT2D eigenvalue weighted by Gasteiger charge is 2.10. The van der Waals surface area contributed by atoms with E-state index in [1.165, 1.54) is 24.3 Å². The largest absolute Gasteiger partial charge is 0.484 e. The van der Waals surface area contributed by atoms with E-state index in [2.05, 4.69) is 26.8 Å². The minimum absolute atomic E-state index is 0.126. The number of hydrogen-bond acceptors (Lipinski definition) is 5. The maximum absolute atomic E-state index is 11.8. The van der Waals surface area contributed by atoms with Crippen LogP contribution in [-0.4, -0.2) is 23.3 Å². The summed E-state index contributed by atoms with van der Waals surface area (Å²) in [5.74, 6) is -0.615. The molecule has 0 saturated heterocycles. The summed E-state index contributed by atoms with van der Waals surface area (Å²) in [5, 5.41) is 10.6. The molecule has 2 rings (SSSR count). The van der Waals surface area contributed by atoms with E-state index in [1.807, 2.05) is 6.92 Å². The lowest BCUT2D eigenvalue weighted by molar-refractivity contribution is -0.384. The van der Waals surface area contributed by atoms with E-state index in [4.69, 9.17) is 4.74 Å². The molecule has 0 atom stereocenters. The number of nitrogens with zero attached hydrogens (tertiary/aromatic N) is 1. The van der Waals surface area contributed by atoms with Crippen LogP contribution in [0.1, 0.15) is 15.9 Å². The summed E-state index contributed by atoms with van der Waals surface area (Å²) in [7, 11) is 0. The van der Waals surface area contributed by atoms with Gasteiger partial charge < -0.3 is 4.74 Å². The second kappa shape index (κ2) is 8.25. The minimum atomic E-state index is -0.595. The third kappa shape index (κ3) is 5.28. The van der Waals surface area contributed by atoms with Gasteiger partial charge in [-0.15, -0.1) is 0 Å². The second-order valence-electron chi connectivity index (χ2n) is 5.01. The zero-order valence-electron chi connectivity index (χ0n) is 13.1. The second-order valence-corrected chi connectivity index (χ2v) is 5.86. The number of nitro groups is 1. The van der Waals surface area contributed by atoms with Gasteiger partial charge in [-0.3, -0.25) is 30.6 Å². The highest BCUT2D eigenvalue weighted by molar-refractivity contribution is 9.10. The zero-order valence-corrected chi connectivity index (χ0v) is 14.7. The first-order valence-electron chi connectivity index (χ1n) is 7.09. The highest BCUT2D eigenvalue weighted by Crippen LogP contribution is 2.21. The van der Waals surface area contributed by atoms with Gasteiger partial charge in [0.25, 0.3) is 17.5 Å². The molecule has 0 aromatic heterocycles. The number of nitrogens with one attached hydrogen (secondary N) is 2. The lowest BCUT2D eigenvalue weighted by Gasteiger charge is -2.09. The van der Waals surface area contributed by atoms with E-state index in [0.717, 1.165) is 10.0 Å². The van der Waals surface area contributed by atoms with E-state index in [-0.39, 0.29) is 17.9 Å². The SMILES string of the molecule is Cc1cc(OCC(=O)NNC(=O)c2ccc([N+](=O)[O-])cc2)ccc1Br. The average Bonchev–Trinajstić information content (AvgIpc) is 2.60. The van der Waals surface area contributed by atoms with Crippen molar-refractivity contribution in [2.24, 2.45) is 0 Å². The van der Waals surface area contributed by atoms with Crippen molar-refractivity contribution in [1.29, 1.82) is 0 Å². The van der Waals surface area contributed by atoms with Gasteiger partial charge in [-0.1, -0.05) is 15.9 Å². The third-order valence-corrected chi connectivity index (χ3v) is 4.04. The lowest BCUT2D eigenvalue weighted by atomic mass is 10.2. The Bertz CT molecular complexity index is 808. The van der Waals surface area contributed by atoms with Gasteiger partial charge in [-0.2, -0.15) is 0 Å². The van der Waals surface area contributed by atoms with Crippen LogP contribution in [0.2, 0.25) is 0 Å². The first-order chi connectivity index (χ1) is 11.9. The van der Waals surface area contributed by atoms with Gasteiger partial charge in [0.05, 0.1) is 4.92 Å². The predicted molar refractivity (Wildman–Crippen MR) is 93.1 cm³/mol. The van der Waals surface area contributed by atoms with E-state index >= 15 is 0 Å². The molecule has 0 saturated carbocycles. The van der Waals surface area contributed by atoms with Gasteiger partial charge >= 0.3 is 0 Å². The fraction of sp³-hybridized carbons (Fsp3) is 0.125. The van der Waals surface area contributed by atoms with Gasteiger partial charge in [-0.25, -0.2) is 0 Å². The topological polar surface area (TPSA) is 111 Å². The third-order valence-electron chi connectivity index (χ3n) is 3.16. The summed E-state index contributed by atoms with van der Waals surface area (Å²) in [6.45, 7) is 1.61. The van der Waals surface area contributed by atoms with E-state index < -0.39 is 16.7 Å². The van der Waals surface area contributed by atoms with Crippen molar-refractivity contribution < 1.29 is 19.2 Å². The Balaban J connectivity index is 1.81. The maximum Gasteiger partial charge on any atom is 0.276 e. The number of hydrogen-bond donors (Lipinski definition) is 2. The van der Waals surface area contributed by atoms with Crippen molar-refractivity contribution in [3.05, 3.63) is 68.2 Å². The standard InChI is InChI=1S/C16H14BrN3O5/c1-10-8-13(6-7-14(10)17)25-9-15(21)18-19-16(22)11-2-4-12(5-3-11)20(23)24/h2-8H,9H2,1H3,(H,18,21)(H,19,22). The summed E-state index contributed by atoms with van der Waals surface area (Å²) in [6, 6.07) is 10.3. The fourth-order valence-electron chi connectivity index (χ4n) is 1.83. The fourth-order valence-corrected chi connectivity index (χ4v) is 2.07. The number of carbonyl (C=O) groups is 2. The molecule has 2 aromatic carbocycles. The van der Waals surface area contributed by atoms with Crippen LogP contribution in [-0.2, 0) is 4.79 Å². The summed E-state index contributed by atoms with van der Waals surface area (Å²) < 4.78 is 6.25. The van der Waals surface area contributed by atoms with Gasteiger partial charge in [0.1, 0.15) is 5.75 Å². The Kier molecular flexibility index (Phi) is 6.07. The summed E-state index contributed by atoms with van der Waals surface area (Å²) >= 11 is 3.37. The number of ether oxygens (including phenoxy) is 1. The first-order valence-corrected chi connectivity index (χ1v) is 7.88. The smallest absolute Gasteiger partial charge is 0.276 e. The Morgan fingerprint density at radius 1 is 1.16 bits per heavy atom. The maximum atomic E-state index is 11.8. The Morgan fingerprint density at radius 3 is 2.44 bits per heavy atom. The number of non-ortho nitro benzene ring substituents is 1. The van der Waals surface area contributed by atoms with Crippen molar-refractivity contribution in [3.8, 4) is 5.75 Å². The predicted octanol–water partition coefficient (Wildman–Crippen LogP) is 2.51. The number of aryl methyl sites for hydroxylation is 1. The normalized spacial score (nSPS) is 10.0. The number of hydrazine groups is 1. The van der Waals surface area contributed by atoms with Gasteiger partial charge in [0.15, 0.2) is 6.61 Å². The van der Waals surface area contributed by atoms with Crippen LogP contribution in [0.25, 0.3) is 0 Å². The van der Waals surface area contributed by atoms with Crippen molar-refractivity contribution in [2.75, 3.05) is 6.61 Å². The molecule has 2 aromatic rings. The number of benzene rings is 2. The molecule has 0 unspecified atom stereocenters. The van der Waals surface area contributed by atoms with Crippen LogP contribution in [0, 0.1) is 17.0 Å². The van der Waals surface area contributed by atoms with Crippen LogP contribution >= 0.6 is 15.9 Å². The van der Waals surface area contributed by atoms with Gasteiger partial charge in [0.2, 0.25) is 0 Å². The van der Waals surface area contributed by atoms with Crippen molar-refractivity contribution in [1.82, 2.24) is 10.9 Å². The van der Waals surface area contributed by atoms with E-state index in [9.17, 15) is 19.7 Å². The van der Waals surface area contributed by atoms with Crippen LogP contribution in [0.5, 0.6) is 5.75 Å². The minimum Gasteiger partial charge on any atom is -0.484 e. The summed E-state index contributed by atoms with van der Waals surface area (Å²) in [6.07, 6.45) is 0. The zero-order chi connectivity index (χ0) is 18.4. The average molecular weight is 408 g/mol. The van der Waals surface area contributed by atoms with E-state index in [0.29, 0.717) is 5.75 Å². The molecule has 0 aliphatic rings. The molecule has 0 radical (unpaired) electrons. The number of amides is 2. The molecule has 25 heavy (non-hydrogen) atoms. The monoisotopic (exact) mass is 407 g/mol. The molecule has 130 valence electrons. The lowest BCUT2D eigenvalue weighted by Crippen LogP contribution is -2.43. The van der Waals surface area contributed by atoms with Crippen LogP contribution in [0.15, 0.2) is 46.9 Å². The molecule has 8 nitrogen and oxygen atoms in total. The Hall–Kier alpha value is -2.94. The van der Waals surface area contributed by atoms with Gasteiger partial charge in [-0.05, 0) is 42.8 Å². The Labute approximate surface area is 151 Å². The van der Waals surface area contributed by atoms with Crippen LogP contribution in [0.3, 0.4) is 0 Å². The van der Waals surface area contributed by atoms with Crippen LogP contribution in [0.4, 0.5) is 5.69 Å². The van der Waals surface area contributed by atoms with Crippen LogP contribution < -0.4 is 15.6 Å². The van der Waals surface area contributed by atoms with Crippen molar-refractivity contribution in [3.63, 3.8) is 0 Å². The quantitative estimate of drug-likeness (QED) is 0.584. The first kappa shape index (κ1) is 18.4. The molecule has 9 heteroatoms. The molecule has 2 amide bonds. The van der Waals surface area contributed by atoms with Crippen molar-refractivity contribution >= 4 is 33.4 Å². The Morgan fingerprint density at radius 2 is 1.84 bits per heavy atom. The highest BCUT2D eigenvalue weighted by atomic mass is 79.9. The molecule has 0 bridgehead atoms. The molecule has 0 aliphatic carbocycles.